The van der Waals surface area contributed by atoms with Crippen LogP contribution in [0.15, 0.2) is 24.3 Å². The molecule has 1 aromatic heterocycles. The number of nitrogens with one attached hydrogen (secondary N) is 1. The van der Waals surface area contributed by atoms with Crippen LogP contribution in [-0.2, 0) is 6.42 Å². The van der Waals surface area contributed by atoms with Gasteiger partial charge in [0, 0.05) is 17.7 Å². The van der Waals surface area contributed by atoms with Crippen molar-refractivity contribution in [3.63, 3.8) is 0 Å². The monoisotopic (exact) mass is 257 g/mol. The number of benzene rings is 1. The van der Waals surface area contributed by atoms with Gasteiger partial charge in [0.2, 0.25) is 0 Å². The van der Waals surface area contributed by atoms with Crippen LogP contribution in [0.25, 0.3) is 11.3 Å². The molecule has 2 aromatic rings. The van der Waals surface area contributed by atoms with Gasteiger partial charge in [-0.1, -0.05) is 12.1 Å². The van der Waals surface area contributed by atoms with Gasteiger partial charge in [0.25, 0.3) is 0 Å². The first-order valence-corrected chi connectivity index (χ1v) is 6.32. The van der Waals surface area contributed by atoms with Gasteiger partial charge in [0.15, 0.2) is 11.5 Å². The Hall–Kier alpha value is -2.23. The highest BCUT2D eigenvalue weighted by molar-refractivity contribution is 6.02. The number of rotatable bonds is 2. The summed E-state index contributed by atoms with van der Waals surface area (Å²) in [6, 6.07) is 7.41. The van der Waals surface area contributed by atoms with Crippen LogP contribution in [0.4, 0.5) is 0 Å². The summed E-state index contributed by atoms with van der Waals surface area (Å²) in [7, 11) is 1.60. The van der Waals surface area contributed by atoms with E-state index in [0.29, 0.717) is 17.7 Å². The van der Waals surface area contributed by atoms with Crippen molar-refractivity contribution in [3.8, 4) is 22.8 Å². The summed E-state index contributed by atoms with van der Waals surface area (Å²) in [5, 5.41) is 10.3. The molecule has 4 heteroatoms. The zero-order valence-electron chi connectivity index (χ0n) is 10.7. The van der Waals surface area contributed by atoms with Crippen molar-refractivity contribution in [3.05, 3.63) is 35.5 Å². The van der Waals surface area contributed by atoms with Crippen molar-refractivity contribution in [2.24, 2.45) is 0 Å². The number of aromatic amines is 1. The van der Waals surface area contributed by atoms with Crippen molar-refractivity contribution in [1.29, 1.82) is 0 Å². The van der Waals surface area contributed by atoms with E-state index in [1.54, 1.807) is 7.11 Å². The van der Waals surface area contributed by atoms with E-state index >= 15 is 0 Å². The lowest BCUT2D eigenvalue weighted by Gasteiger charge is -2.08. The van der Waals surface area contributed by atoms with Gasteiger partial charge < -0.3 is 14.8 Å². The molecule has 98 valence electrons. The second-order valence-corrected chi connectivity index (χ2v) is 4.71. The van der Waals surface area contributed by atoms with E-state index in [4.69, 9.17) is 4.74 Å². The second kappa shape index (κ2) is 4.46. The van der Waals surface area contributed by atoms with Crippen LogP contribution in [0, 0.1) is 0 Å². The van der Waals surface area contributed by atoms with E-state index in [9.17, 15) is 9.90 Å². The predicted octanol–water partition coefficient (Wildman–Crippen LogP) is 2.91. The van der Waals surface area contributed by atoms with Gasteiger partial charge >= 0.3 is 0 Å². The second-order valence-electron chi connectivity index (χ2n) is 4.71. The molecule has 0 radical (unpaired) electrons. The molecule has 0 bridgehead atoms. The Balaban J connectivity index is 2.13. The number of H-pyrrole nitrogens is 1. The number of Topliss-reactive ketones (excluding diaryl/α,β-unsaturated/α-hetero) is 1. The fourth-order valence-electron chi connectivity index (χ4n) is 2.57. The third kappa shape index (κ3) is 1.89. The van der Waals surface area contributed by atoms with E-state index in [-0.39, 0.29) is 11.5 Å². The fraction of sp³-hybridized carbons (Fsp3) is 0.267. The third-order valence-electron chi connectivity index (χ3n) is 3.52. The molecule has 0 spiro atoms. The molecule has 4 nitrogen and oxygen atoms in total. The van der Waals surface area contributed by atoms with Crippen LogP contribution in [-0.4, -0.2) is 23.0 Å². The van der Waals surface area contributed by atoms with Crippen molar-refractivity contribution < 1.29 is 14.6 Å². The zero-order chi connectivity index (χ0) is 13.4. The maximum Gasteiger partial charge on any atom is 0.168 e. The zero-order valence-corrected chi connectivity index (χ0v) is 10.7. The van der Waals surface area contributed by atoms with Gasteiger partial charge in [-0.05, 0) is 25.0 Å². The normalized spacial score (nSPS) is 14.3. The average molecular weight is 257 g/mol. The summed E-state index contributed by atoms with van der Waals surface area (Å²) in [5.74, 6) is 0.799. The number of carbonyl (C=O) groups is 1. The molecule has 0 unspecified atom stereocenters. The van der Waals surface area contributed by atoms with Crippen LogP contribution in [0.1, 0.15) is 28.9 Å². The number of hydrogen-bond donors (Lipinski definition) is 2. The molecule has 1 heterocycles. The molecule has 0 atom stereocenters. The molecule has 3 rings (SSSR count). The summed E-state index contributed by atoms with van der Waals surface area (Å²) in [5.41, 5.74) is 2.72. The van der Waals surface area contributed by atoms with Crippen LogP contribution in [0.3, 0.4) is 0 Å². The predicted molar refractivity (Wildman–Crippen MR) is 71.7 cm³/mol. The molecule has 0 aliphatic heterocycles. The molecular weight excluding hydrogens is 242 g/mol. The quantitative estimate of drug-likeness (QED) is 0.869. The molecule has 0 fully saturated rings. The van der Waals surface area contributed by atoms with Gasteiger partial charge in [0.1, 0.15) is 5.75 Å². The Morgan fingerprint density at radius 1 is 1.32 bits per heavy atom. The molecule has 1 aliphatic carbocycles. The molecule has 2 N–H and O–H groups in total. The molecule has 1 aromatic carbocycles. The Bertz CT molecular complexity index is 643. The van der Waals surface area contributed by atoms with E-state index in [1.165, 1.54) is 0 Å². The summed E-state index contributed by atoms with van der Waals surface area (Å²) in [6.45, 7) is 0. The number of ketones is 1. The number of aromatic nitrogens is 1. The van der Waals surface area contributed by atoms with Crippen molar-refractivity contribution in [2.75, 3.05) is 7.11 Å². The molecule has 0 saturated heterocycles. The number of carbonyl (C=O) groups excluding carboxylic acids is 1. The van der Waals surface area contributed by atoms with Crippen molar-refractivity contribution >= 4 is 5.78 Å². The average Bonchev–Trinajstić information content (AvgIpc) is 2.77. The van der Waals surface area contributed by atoms with Gasteiger partial charge in [-0.3, -0.25) is 4.79 Å². The van der Waals surface area contributed by atoms with E-state index in [0.717, 1.165) is 29.8 Å². The lowest BCUT2D eigenvalue weighted by molar-refractivity contribution is 0.0970. The summed E-state index contributed by atoms with van der Waals surface area (Å²) >= 11 is 0. The standard InChI is InChI=1S/C15H15NO3/c1-19-10-5-2-4-9(8-10)14-15(18)13-11(16-14)6-3-7-12(13)17/h2,4-5,8,16,18H,3,6-7H2,1H3. The fourth-order valence-corrected chi connectivity index (χ4v) is 2.57. The SMILES string of the molecule is COc1cccc(-c2[nH]c3c(c2O)C(=O)CCC3)c1. The van der Waals surface area contributed by atoms with E-state index in [1.807, 2.05) is 24.3 Å². The van der Waals surface area contributed by atoms with Gasteiger partial charge in [0.05, 0.1) is 18.4 Å². The lowest BCUT2D eigenvalue weighted by atomic mass is 9.96. The topological polar surface area (TPSA) is 62.3 Å². The number of methoxy groups -OCH3 is 1. The summed E-state index contributed by atoms with van der Waals surface area (Å²) in [6.07, 6.45) is 2.15. The van der Waals surface area contributed by atoms with Crippen LogP contribution < -0.4 is 4.74 Å². The van der Waals surface area contributed by atoms with E-state index in [2.05, 4.69) is 4.98 Å². The molecule has 0 saturated carbocycles. The van der Waals surface area contributed by atoms with Crippen LogP contribution >= 0.6 is 0 Å². The molecule has 1 aliphatic rings. The van der Waals surface area contributed by atoms with Gasteiger partial charge in [-0.25, -0.2) is 0 Å². The maximum atomic E-state index is 11.9. The molecule has 19 heavy (non-hydrogen) atoms. The first-order valence-electron chi connectivity index (χ1n) is 6.32. The van der Waals surface area contributed by atoms with Crippen LogP contribution in [0.2, 0.25) is 0 Å². The highest BCUT2D eigenvalue weighted by Crippen LogP contribution is 2.38. The Morgan fingerprint density at radius 2 is 2.16 bits per heavy atom. The highest BCUT2D eigenvalue weighted by Gasteiger charge is 2.26. The van der Waals surface area contributed by atoms with Crippen molar-refractivity contribution in [2.45, 2.75) is 19.3 Å². The van der Waals surface area contributed by atoms with E-state index < -0.39 is 0 Å². The van der Waals surface area contributed by atoms with Crippen molar-refractivity contribution in [1.82, 2.24) is 4.98 Å². The maximum absolute atomic E-state index is 11.9. The third-order valence-corrected chi connectivity index (χ3v) is 3.52. The number of hydrogen-bond acceptors (Lipinski definition) is 3. The number of aromatic hydroxyl groups is 1. The summed E-state index contributed by atoms with van der Waals surface area (Å²) < 4.78 is 5.18. The summed E-state index contributed by atoms with van der Waals surface area (Å²) in [4.78, 5) is 15.0. The number of fused-ring (bicyclic) bond motifs is 1. The minimum absolute atomic E-state index is 0.0177. The molecule has 0 amide bonds. The minimum Gasteiger partial charge on any atom is -0.505 e. The Labute approximate surface area is 111 Å². The number of aryl methyl sites for hydroxylation is 1. The largest absolute Gasteiger partial charge is 0.505 e. The van der Waals surface area contributed by atoms with Crippen LogP contribution in [0.5, 0.6) is 11.5 Å². The Kier molecular flexibility index (Phi) is 2.78. The van der Waals surface area contributed by atoms with Gasteiger partial charge in [-0.2, -0.15) is 0 Å². The first-order chi connectivity index (χ1) is 9.20. The number of ether oxygens (including phenoxy) is 1. The smallest absolute Gasteiger partial charge is 0.168 e. The first kappa shape index (κ1) is 11.8. The lowest BCUT2D eigenvalue weighted by Crippen LogP contribution is -2.08. The van der Waals surface area contributed by atoms with Gasteiger partial charge in [-0.15, -0.1) is 0 Å². The minimum atomic E-state index is 0.0177. The molecular formula is C15H15NO3. The Morgan fingerprint density at radius 3 is 2.89 bits per heavy atom. The highest BCUT2D eigenvalue weighted by atomic mass is 16.5.